The van der Waals surface area contributed by atoms with Gasteiger partial charge in [-0.2, -0.15) is 0 Å². The quantitative estimate of drug-likeness (QED) is 0.165. The van der Waals surface area contributed by atoms with Crippen molar-refractivity contribution in [1.29, 1.82) is 0 Å². The number of hydrogen-bond donors (Lipinski definition) is 0. The zero-order chi connectivity index (χ0) is 35.3. The molecule has 250 valence electrons. The number of benzene rings is 9. The molecule has 0 radical (unpaired) electrons. The maximum Gasteiger partial charge on any atom is 0.0547 e. The van der Waals surface area contributed by atoms with Gasteiger partial charge in [0.1, 0.15) is 0 Å². The Morgan fingerprint density at radius 2 is 1.11 bits per heavy atom. The minimum atomic E-state index is -0.0900. The maximum absolute atomic E-state index is 2.44. The van der Waals surface area contributed by atoms with Crippen LogP contribution in [0.15, 0.2) is 182 Å². The highest BCUT2D eigenvalue weighted by molar-refractivity contribution is 6.26. The average Bonchev–Trinajstić information content (AvgIpc) is 3.67. The van der Waals surface area contributed by atoms with Crippen LogP contribution in [0.4, 0.5) is 17.1 Å². The number of rotatable bonds is 5. The Hall–Kier alpha value is -6.64. The highest BCUT2D eigenvalue weighted by atomic mass is 15.1. The molecule has 0 fully saturated rings. The van der Waals surface area contributed by atoms with Crippen molar-refractivity contribution in [1.82, 2.24) is 4.57 Å². The molecule has 0 aliphatic heterocycles. The molecule has 1 aliphatic carbocycles. The fourth-order valence-corrected chi connectivity index (χ4v) is 9.25. The van der Waals surface area contributed by atoms with E-state index in [1.165, 1.54) is 88.1 Å². The zero-order valence-electron chi connectivity index (χ0n) is 29.7. The van der Waals surface area contributed by atoms with Crippen LogP contribution >= 0.6 is 0 Å². The van der Waals surface area contributed by atoms with E-state index in [4.69, 9.17) is 0 Å². The summed E-state index contributed by atoms with van der Waals surface area (Å²) in [5.41, 5.74) is 14.9. The topological polar surface area (TPSA) is 8.17 Å². The zero-order valence-corrected chi connectivity index (χ0v) is 29.7. The number of para-hydroxylation sites is 1. The summed E-state index contributed by atoms with van der Waals surface area (Å²) in [5.74, 6) is 0. The Labute approximate surface area is 309 Å². The standard InChI is InChI=1S/C51H36N2/c1-51(2)44-19-9-8-18-41(44)42-29-27-38(32-45(42)51)52(46-20-10-13-33-12-6-7-17-40(33)46)37-25-22-34(23-26-37)39-30-31-48-50-43(39)28-24-35-14-11-21-47(49(35)50)53(48)36-15-4-3-5-16-36/h3-32H,1-2H3. The van der Waals surface area contributed by atoms with Gasteiger partial charge in [0.2, 0.25) is 0 Å². The third kappa shape index (κ3) is 4.33. The van der Waals surface area contributed by atoms with Gasteiger partial charge >= 0.3 is 0 Å². The summed E-state index contributed by atoms with van der Waals surface area (Å²) in [5, 5.41) is 7.66. The van der Waals surface area contributed by atoms with Crippen molar-refractivity contribution < 1.29 is 0 Å². The summed E-state index contributed by atoms with van der Waals surface area (Å²) >= 11 is 0. The Bertz CT molecular complexity index is 3010. The van der Waals surface area contributed by atoms with Crippen LogP contribution in [-0.4, -0.2) is 4.57 Å². The van der Waals surface area contributed by atoms with E-state index in [1.807, 2.05) is 0 Å². The van der Waals surface area contributed by atoms with Gasteiger partial charge in [-0.05, 0) is 104 Å². The molecule has 0 N–H and O–H groups in total. The van der Waals surface area contributed by atoms with Gasteiger partial charge < -0.3 is 9.47 Å². The van der Waals surface area contributed by atoms with Gasteiger partial charge in [-0.3, -0.25) is 0 Å². The maximum atomic E-state index is 2.44. The first-order chi connectivity index (χ1) is 26.1. The summed E-state index contributed by atoms with van der Waals surface area (Å²) in [4.78, 5) is 2.44. The normalized spacial score (nSPS) is 13.2. The number of fused-ring (bicyclic) bond motifs is 4. The van der Waals surface area contributed by atoms with Gasteiger partial charge in [-0.15, -0.1) is 0 Å². The molecule has 1 aromatic heterocycles. The lowest BCUT2D eigenvalue weighted by molar-refractivity contribution is 0.660. The second kappa shape index (κ2) is 11.2. The number of aromatic nitrogens is 1. The van der Waals surface area contributed by atoms with E-state index in [9.17, 15) is 0 Å². The van der Waals surface area contributed by atoms with Crippen LogP contribution in [0.2, 0.25) is 0 Å². The van der Waals surface area contributed by atoms with Crippen molar-refractivity contribution in [2.24, 2.45) is 0 Å². The van der Waals surface area contributed by atoms with Gasteiger partial charge in [0.25, 0.3) is 0 Å². The molecule has 2 heteroatoms. The molecular weight excluding hydrogens is 641 g/mol. The highest BCUT2D eigenvalue weighted by Gasteiger charge is 2.35. The first-order valence-electron chi connectivity index (χ1n) is 18.5. The van der Waals surface area contributed by atoms with Gasteiger partial charge in [-0.1, -0.05) is 141 Å². The predicted octanol–water partition coefficient (Wildman–Crippen LogP) is 14.0. The first-order valence-corrected chi connectivity index (χ1v) is 18.5. The van der Waals surface area contributed by atoms with Crippen molar-refractivity contribution in [3.05, 3.63) is 193 Å². The summed E-state index contributed by atoms with van der Waals surface area (Å²) in [6.45, 7) is 4.72. The molecule has 53 heavy (non-hydrogen) atoms. The van der Waals surface area contributed by atoms with E-state index < -0.39 is 0 Å². The van der Waals surface area contributed by atoms with Crippen molar-refractivity contribution in [2.75, 3.05) is 4.90 Å². The summed E-state index contributed by atoms with van der Waals surface area (Å²) in [6, 6.07) is 67.1. The molecule has 0 saturated carbocycles. The number of nitrogens with zero attached hydrogens (tertiary/aromatic N) is 2. The minimum absolute atomic E-state index is 0.0900. The second-order valence-electron chi connectivity index (χ2n) is 14.9. The Morgan fingerprint density at radius 1 is 0.434 bits per heavy atom. The van der Waals surface area contributed by atoms with Crippen molar-refractivity contribution >= 4 is 60.4 Å². The molecular formula is C51H36N2. The van der Waals surface area contributed by atoms with Crippen LogP contribution < -0.4 is 4.90 Å². The molecule has 0 unspecified atom stereocenters. The van der Waals surface area contributed by atoms with Crippen LogP contribution in [0, 0.1) is 0 Å². The molecule has 0 saturated heterocycles. The fourth-order valence-electron chi connectivity index (χ4n) is 9.25. The third-order valence-corrected chi connectivity index (χ3v) is 11.7. The molecule has 11 rings (SSSR count). The average molecular weight is 677 g/mol. The fraction of sp³-hybridized carbons (Fsp3) is 0.0588. The smallest absolute Gasteiger partial charge is 0.0547 e. The lowest BCUT2D eigenvalue weighted by atomic mass is 9.82. The summed E-state index contributed by atoms with van der Waals surface area (Å²) in [7, 11) is 0. The number of hydrogen-bond acceptors (Lipinski definition) is 1. The van der Waals surface area contributed by atoms with Crippen molar-refractivity contribution in [3.63, 3.8) is 0 Å². The summed E-state index contributed by atoms with van der Waals surface area (Å²) < 4.78 is 2.41. The minimum Gasteiger partial charge on any atom is -0.310 e. The molecule has 2 nitrogen and oxygen atoms in total. The second-order valence-corrected chi connectivity index (χ2v) is 14.9. The molecule has 0 amide bonds. The van der Waals surface area contributed by atoms with E-state index in [1.54, 1.807) is 0 Å². The van der Waals surface area contributed by atoms with Gasteiger partial charge in [0.15, 0.2) is 0 Å². The Morgan fingerprint density at radius 3 is 2.00 bits per heavy atom. The molecule has 1 aliphatic rings. The molecule has 10 aromatic rings. The van der Waals surface area contributed by atoms with Crippen molar-refractivity contribution in [2.45, 2.75) is 19.3 Å². The molecule has 1 heterocycles. The molecule has 0 spiro atoms. The summed E-state index contributed by atoms with van der Waals surface area (Å²) in [6.07, 6.45) is 0. The SMILES string of the molecule is CC1(C)c2ccccc2-c2ccc(N(c3ccc(-c4ccc5c6c4ccc4cccc(c46)n5-c4ccccc4)cc3)c3cccc4ccccc34)cc21. The van der Waals surface area contributed by atoms with Crippen LogP contribution in [0.1, 0.15) is 25.0 Å². The van der Waals surface area contributed by atoms with Gasteiger partial charge in [0.05, 0.1) is 16.7 Å². The first kappa shape index (κ1) is 30.0. The van der Waals surface area contributed by atoms with Crippen molar-refractivity contribution in [3.8, 4) is 27.9 Å². The molecule has 9 aromatic carbocycles. The van der Waals surface area contributed by atoms with Crippen LogP contribution in [-0.2, 0) is 5.41 Å². The number of anilines is 3. The lowest BCUT2D eigenvalue weighted by Gasteiger charge is -2.29. The van der Waals surface area contributed by atoms with E-state index in [0.717, 1.165) is 11.4 Å². The monoisotopic (exact) mass is 676 g/mol. The van der Waals surface area contributed by atoms with Gasteiger partial charge in [-0.25, -0.2) is 0 Å². The van der Waals surface area contributed by atoms with Crippen LogP contribution in [0.5, 0.6) is 0 Å². The molecule has 0 atom stereocenters. The van der Waals surface area contributed by atoms with Crippen LogP contribution in [0.25, 0.3) is 71.3 Å². The third-order valence-electron chi connectivity index (χ3n) is 11.7. The Balaban J connectivity index is 1.08. The van der Waals surface area contributed by atoms with E-state index in [2.05, 4.69) is 205 Å². The van der Waals surface area contributed by atoms with Crippen LogP contribution in [0.3, 0.4) is 0 Å². The van der Waals surface area contributed by atoms with Gasteiger partial charge in [0, 0.05) is 38.6 Å². The highest BCUT2D eigenvalue weighted by Crippen LogP contribution is 2.51. The lowest BCUT2D eigenvalue weighted by Crippen LogP contribution is -2.16. The van der Waals surface area contributed by atoms with E-state index >= 15 is 0 Å². The predicted molar refractivity (Wildman–Crippen MR) is 225 cm³/mol. The van der Waals surface area contributed by atoms with E-state index in [-0.39, 0.29) is 5.41 Å². The molecule has 0 bridgehead atoms. The van der Waals surface area contributed by atoms with E-state index in [0.29, 0.717) is 0 Å². The Kier molecular flexibility index (Phi) is 6.33. The largest absolute Gasteiger partial charge is 0.310 e.